The highest BCUT2D eigenvalue weighted by molar-refractivity contribution is 14.1. The van der Waals surface area contributed by atoms with E-state index in [1.165, 1.54) is 13.2 Å². The number of rotatable bonds is 8. The summed E-state index contributed by atoms with van der Waals surface area (Å²) in [5.41, 5.74) is 0.680. The van der Waals surface area contributed by atoms with Crippen molar-refractivity contribution in [2.24, 2.45) is 0 Å². The van der Waals surface area contributed by atoms with Crippen LogP contribution in [0.1, 0.15) is 40.5 Å². The largest absolute Gasteiger partial charge is 0.465 e. The molecule has 0 bridgehead atoms. The second-order valence-corrected chi connectivity index (χ2v) is 5.57. The van der Waals surface area contributed by atoms with Gasteiger partial charge in [-0.25, -0.2) is 9.59 Å². The van der Waals surface area contributed by atoms with Gasteiger partial charge in [0, 0.05) is 23.2 Å². The van der Waals surface area contributed by atoms with Crippen molar-refractivity contribution in [3.8, 4) is 0 Å². The normalized spacial score (nSPS) is 10.2. The van der Waals surface area contributed by atoms with Gasteiger partial charge in [0.2, 0.25) is 0 Å². The van der Waals surface area contributed by atoms with Gasteiger partial charge < -0.3 is 14.2 Å². The monoisotopic (exact) mass is 406 g/mol. The van der Waals surface area contributed by atoms with E-state index in [0.29, 0.717) is 37.4 Å². The molecule has 1 aromatic carbocycles. The van der Waals surface area contributed by atoms with E-state index in [9.17, 15) is 9.59 Å². The number of methoxy groups -OCH3 is 1. The van der Waals surface area contributed by atoms with Crippen LogP contribution in [0.5, 0.6) is 0 Å². The number of hydrogen-bond acceptors (Lipinski definition) is 5. The van der Waals surface area contributed by atoms with Crippen LogP contribution in [0.15, 0.2) is 18.2 Å². The summed E-state index contributed by atoms with van der Waals surface area (Å²) >= 11 is 2.04. The van der Waals surface area contributed by atoms with Gasteiger partial charge in [0.1, 0.15) is 0 Å². The molecule has 21 heavy (non-hydrogen) atoms. The van der Waals surface area contributed by atoms with E-state index in [0.717, 1.165) is 9.99 Å². The van der Waals surface area contributed by atoms with E-state index in [1.54, 1.807) is 12.1 Å². The first kappa shape index (κ1) is 17.9. The summed E-state index contributed by atoms with van der Waals surface area (Å²) < 4.78 is 15.9. The van der Waals surface area contributed by atoms with E-state index in [4.69, 9.17) is 9.47 Å². The molecule has 0 saturated carbocycles. The number of halogens is 1. The molecule has 0 N–H and O–H groups in total. The number of esters is 2. The molecule has 0 atom stereocenters. The quantitative estimate of drug-likeness (QED) is 0.377. The molecule has 116 valence electrons. The minimum absolute atomic E-state index is 0.293. The number of carbonyl (C=O) groups excluding carboxylic acids is 2. The second kappa shape index (κ2) is 9.73. The van der Waals surface area contributed by atoms with Crippen LogP contribution in [0.25, 0.3) is 0 Å². The zero-order chi connectivity index (χ0) is 15.7. The molecule has 1 rings (SSSR count). The van der Waals surface area contributed by atoms with Crippen LogP contribution in [0.2, 0.25) is 0 Å². The van der Waals surface area contributed by atoms with Gasteiger partial charge in [0.25, 0.3) is 0 Å². The van der Waals surface area contributed by atoms with Crippen LogP contribution in [0.4, 0.5) is 0 Å². The Morgan fingerprint density at radius 2 is 1.71 bits per heavy atom. The van der Waals surface area contributed by atoms with Gasteiger partial charge in [-0.05, 0) is 47.2 Å². The Kier molecular flexibility index (Phi) is 8.29. The Morgan fingerprint density at radius 3 is 2.33 bits per heavy atom. The third-order valence-corrected chi connectivity index (χ3v) is 3.19. The van der Waals surface area contributed by atoms with Crippen LogP contribution in [-0.4, -0.2) is 38.9 Å². The van der Waals surface area contributed by atoms with Crippen LogP contribution in [0.3, 0.4) is 0 Å². The topological polar surface area (TPSA) is 61.8 Å². The summed E-state index contributed by atoms with van der Waals surface area (Å²) in [6.07, 6.45) is 1.62. The van der Waals surface area contributed by atoms with Crippen LogP contribution < -0.4 is 0 Å². The standard InChI is InChI=1S/C15H19IO5/c1-3-5-20-6-4-7-21-15(18)12-8-11(14(17)19-2)9-13(16)10-12/h8-10H,3-7H2,1-2H3. The minimum Gasteiger partial charge on any atom is -0.465 e. The van der Waals surface area contributed by atoms with Crippen molar-refractivity contribution in [3.05, 3.63) is 32.9 Å². The summed E-state index contributed by atoms with van der Waals surface area (Å²) in [6, 6.07) is 4.80. The summed E-state index contributed by atoms with van der Waals surface area (Å²) in [7, 11) is 1.30. The Labute approximate surface area is 138 Å². The van der Waals surface area contributed by atoms with Gasteiger partial charge in [-0.1, -0.05) is 6.92 Å². The molecule has 1 aromatic rings. The summed E-state index contributed by atoms with van der Waals surface area (Å²) in [5, 5.41) is 0. The van der Waals surface area contributed by atoms with Gasteiger partial charge in [-0.2, -0.15) is 0 Å². The fraction of sp³-hybridized carbons (Fsp3) is 0.467. The first-order chi connectivity index (χ1) is 10.1. The number of carbonyl (C=O) groups is 2. The molecule has 5 nitrogen and oxygen atoms in total. The lowest BCUT2D eigenvalue weighted by molar-refractivity contribution is 0.0446. The molecule has 0 radical (unpaired) electrons. The molecule has 6 heteroatoms. The van der Waals surface area contributed by atoms with Gasteiger partial charge in [0.15, 0.2) is 0 Å². The molecule has 0 saturated heterocycles. The smallest absolute Gasteiger partial charge is 0.338 e. The Morgan fingerprint density at radius 1 is 1.05 bits per heavy atom. The minimum atomic E-state index is -0.476. The zero-order valence-corrected chi connectivity index (χ0v) is 14.3. The highest BCUT2D eigenvalue weighted by Gasteiger charge is 2.13. The lowest BCUT2D eigenvalue weighted by Crippen LogP contribution is -2.11. The van der Waals surface area contributed by atoms with Crippen molar-refractivity contribution in [3.63, 3.8) is 0 Å². The van der Waals surface area contributed by atoms with Crippen LogP contribution in [-0.2, 0) is 14.2 Å². The van der Waals surface area contributed by atoms with Crippen LogP contribution in [0, 0.1) is 3.57 Å². The number of ether oxygens (including phenoxy) is 3. The first-order valence-electron chi connectivity index (χ1n) is 6.72. The number of benzene rings is 1. The van der Waals surface area contributed by atoms with E-state index >= 15 is 0 Å². The van der Waals surface area contributed by atoms with E-state index in [2.05, 4.69) is 4.74 Å². The summed E-state index contributed by atoms with van der Waals surface area (Å²) in [5.74, 6) is -0.926. The molecule has 0 fully saturated rings. The first-order valence-corrected chi connectivity index (χ1v) is 7.80. The fourth-order valence-corrected chi connectivity index (χ4v) is 2.27. The third-order valence-electron chi connectivity index (χ3n) is 2.57. The van der Waals surface area contributed by atoms with Crippen molar-refractivity contribution in [1.29, 1.82) is 0 Å². The Bertz CT molecular complexity index is 487. The molecule has 0 aliphatic heterocycles. The highest BCUT2D eigenvalue weighted by atomic mass is 127. The molecule has 0 aliphatic rings. The van der Waals surface area contributed by atoms with Crippen LogP contribution >= 0.6 is 22.6 Å². The highest BCUT2D eigenvalue weighted by Crippen LogP contribution is 2.14. The average Bonchev–Trinajstić information content (AvgIpc) is 2.49. The van der Waals surface area contributed by atoms with Crippen molar-refractivity contribution in [2.75, 3.05) is 26.9 Å². The predicted octanol–water partition coefficient (Wildman–Crippen LogP) is 3.05. The van der Waals surface area contributed by atoms with E-state index in [1.807, 2.05) is 29.5 Å². The van der Waals surface area contributed by atoms with Gasteiger partial charge in [0.05, 0.1) is 24.8 Å². The summed E-state index contributed by atoms with van der Waals surface area (Å²) in [4.78, 5) is 23.4. The van der Waals surface area contributed by atoms with E-state index < -0.39 is 11.9 Å². The van der Waals surface area contributed by atoms with Crippen molar-refractivity contribution in [2.45, 2.75) is 19.8 Å². The van der Waals surface area contributed by atoms with E-state index in [-0.39, 0.29) is 0 Å². The molecular formula is C15H19IO5. The second-order valence-electron chi connectivity index (χ2n) is 4.32. The average molecular weight is 406 g/mol. The lowest BCUT2D eigenvalue weighted by atomic mass is 10.1. The maximum atomic E-state index is 11.9. The van der Waals surface area contributed by atoms with Gasteiger partial charge in [-0.15, -0.1) is 0 Å². The van der Waals surface area contributed by atoms with Crippen molar-refractivity contribution < 1.29 is 23.8 Å². The van der Waals surface area contributed by atoms with Gasteiger partial charge >= 0.3 is 11.9 Å². The maximum absolute atomic E-state index is 11.9. The lowest BCUT2D eigenvalue weighted by Gasteiger charge is -2.07. The molecule has 0 aromatic heterocycles. The third kappa shape index (κ3) is 6.43. The molecular weight excluding hydrogens is 387 g/mol. The van der Waals surface area contributed by atoms with Crippen molar-refractivity contribution in [1.82, 2.24) is 0 Å². The zero-order valence-electron chi connectivity index (χ0n) is 12.2. The van der Waals surface area contributed by atoms with Gasteiger partial charge in [-0.3, -0.25) is 0 Å². The SMILES string of the molecule is CCCOCCCOC(=O)c1cc(I)cc(C(=O)OC)c1. The maximum Gasteiger partial charge on any atom is 0.338 e. The van der Waals surface area contributed by atoms with Crippen molar-refractivity contribution >= 4 is 34.5 Å². The Balaban J connectivity index is 2.54. The molecule has 0 heterocycles. The fourth-order valence-electron chi connectivity index (χ4n) is 1.60. The molecule has 0 aliphatic carbocycles. The summed E-state index contributed by atoms with van der Waals surface area (Å²) in [6.45, 7) is 3.62. The molecule has 0 amide bonds. The molecule has 0 spiro atoms. The molecule has 0 unspecified atom stereocenters. The predicted molar refractivity (Wildman–Crippen MR) is 86.5 cm³/mol. The number of hydrogen-bond donors (Lipinski definition) is 0. The Hall–Kier alpha value is -1.15.